The smallest absolute Gasteiger partial charge is 0.0409 e. The van der Waals surface area contributed by atoms with Gasteiger partial charge in [0.15, 0.2) is 0 Å². The second-order valence-electron chi connectivity index (χ2n) is 9.57. The second-order valence-corrected chi connectivity index (χ2v) is 10.0. The average Bonchev–Trinajstić information content (AvgIpc) is 2.96. The van der Waals surface area contributed by atoms with Crippen molar-refractivity contribution in [3.05, 3.63) is 70.7 Å². The van der Waals surface area contributed by atoms with Gasteiger partial charge in [0, 0.05) is 10.4 Å². The number of fused-ring (bicyclic) bond motifs is 5. The highest BCUT2D eigenvalue weighted by atomic mass is 35.5. The number of hydrogen-bond acceptors (Lipinski definition) is 0. The summed E-state index contributed by atoms with van der Waals surface area (Å²) in [5, 5.41) is 3.78. The lowest BCUT2D eigenvalue weighted by Gasteiger charge is -2.61. The minimum Gasteiger partial charge on any atom is -0.0843 e. The molecule has 0 atom stereocenters. The summed E-state index contributed by atoms with van der Waals surface area (Å²) in [6, 6.07) is 20.5. The van der Waals surface area contributed by atoms with Gasteiger partial charge in [-0.15, -0.1) is 0 Å². The van der Waals surface area contributed by atoms with Gasteiger partial charge in [-0.25, -0.2) is 0 Å². The first-order chi connectivity index (χ1) is 13.2. The summed E-state index contributed by atoms with van der Waals surface area (Å²) in [4.78, 5) is 0. The standard InChI is InChI=1S/C26H23Cl/c27-20-6-8-22-23-7-5-17-3-1-2-4-21(17)25(23)26(24(22)14-20)18-10-15-9-16(12-18)13-19(26)11-15/h1-8,14-16,18-19H,9-13H2. The molecular weight excluding hydrogens is 348 g/mol. The SMILES string of the molecule is Clc1ccc2c(c1)C1(c3c-2ccc2ccccc32)C2CC3CC(C2)CC1C3. The van der Waals surface area contributed by atoms with Crippen molar-refractivity contribution < 1.29 is 0 Å². The van der Waals surface area contributed by atoms with Crippen molar-refractivity contribution >= 4 is 22.4 Å². The van der Waals surface area contributed by atoms with Gasteiger partial charge in [0.1, 0.15) is 0 Å². The van der Waals surface area contributed by atoms with E-state index in [-0.39, 0.29) is 5.41 Å². The van der Waals surface area contributed by atoms with E-state index >= 15 is 0 Å². The van der Waals surface area contributed by atoms with Crippen LogP contribution in [0.4, 0.5) is 0 Å². The van der Waals surface area contributed by atoms with Crippen LogP contribution in [0, 0.1) is 23.7 Å². The average molecular weight is 371 g/mol. The zero-order valence-corrected chi connectivity index (χ0v) is 16.2. The summed E-state index contributed by atoms with van der Waals surface area (Å²) in [5.74, 6) is 3.52. The third-order valence-electron chi connectivity index (χ3n) is 8.49. The van der Waals surface area contributed by atoms with E-state index in [0.717, 1.165) is 28.7 Å². The van der Waals surface area contributed by atoms with Gasteiger partial charge in [-0.1, -0.05) is 54.1 Å². The molecular formula is C26H23Cl. The Labute approximate surface area is 165 Å². The van der Waals surface area contributed by atoms with E-state index in [9.17, 15) is 0 Å². The zero-order valence-electron chi connectivity index (χ0n) is 15.4. The largest absolute Gasteiger partial charge is 0.0843 e. The lowest BCUT2D eigenvalue weighted by molar-refractivity contribution is -0.0393. The van der Waals surface area contributed by atoms with Crippen LogP contribution in [0.3, 0.4) is 0 Å². The molecule has 8 rings (SSSR count). The predicted molar refractivity (Wildman–Crippen MR) is 112 cm³/mol. The molecule has 0 unspecified atom stereocenters. The molecule has 5 aliphatic carbocycles. The maximum absolute atomic E-state index is 6.58. The lowest BCUT2D eigenvalue weighted by Crippen LogP contribution is -2.55. The Kier molecular flexibility index (Phi) is 2.79. The van der Waals surface area contributed by atoms with Crippen molar-refractivity contribution in [3.63, 3.8) is 0 Å². The molecule has 0 heterocycles. The Morgan fingerprint density at radius 3 is 2.22 bits per heavy atom. The molecule has 0 radical (unpaired) electrons. The van der Waals surface area contributed by atoms with Gasteiger partial charge >= 0.3 is 0 Å². The van der Waals surface area contributed by atoms with Gasteiger partial charge in [0.05, 0.1) is 0 Å². The first-order valence-corrected chi connectivity index (χ1v) is 11.0. The summed E-state index contributed by atoms with van der Waals surface area (Å²) in [6.07, 6.45) is 7.17. The molecule has 0 aliphatic heterocycles. The second kappa shape index (κ2) is 4.97. The van der Waals surface area contributed by atoms with Crippen LogP contribution in [-0.4, -0.2) is 0 Å². The van der Waals surface area contributed by atoms with Gasteiger partial charge in [-0.05, 0) is 101 Å². The third-order valence-corrected chi connectivity index (χ3v) is 8.72. The van der Waals surface area contributed by atoms with Crippen LogP contribution in [0.15, 0.2) is 54.6 Å². The van der Waals surface area contributed by atoms with Gasteiger partial charge in [-0.2, -0.15) is 0 Å². The Hall–Kier alpha value is -1.79. The number of halogens is 1. The van der Waals surface area contributed by atoms with Crippen LogP contribution in [0.5, 0.6) is 0 Å². The molecule has 1 spiro atoms. The first kappa shape index (κ1) is 15.2. The third kappa shape index (κ3) is 1.72. The molecule has 0 N–H and O–H groups in total. The fraction of sp³-hybridized carbons (Fsp3) is 0.385. The fourth-order valence-electron chi connectivity index (χ4n) is 7.95. The molecule has 4 saturated carbocycles. The van der Waals surface area contributed by atoms with Crippen molar-refractivity contribution in [1.29, 1.82) is 0 Å². The normalized spacial score (nSPS) is 35.0. The maximum atomic E-state index is 6.58. The van der Waals surface area contributed by atoms with Crippen LogP contribution in [-0.2, 0) is 5.41 Å². The van der Waals surface area contributed by atoms with Crippen LogP contribution in [0.2, 0.25) is 5.02 Å². The number of rotatable bonds is 0. The highest BCUT2D eigenvalue weighted by molar-refractivity contribution is 6.30. The predicted octanol–water partition coefficient (Wildman–Crippen LogP) is 7.22. The van der Waals surface area contributed by atoms with Gasteiger partial charge in [0.25, 0.3) is 0 Å². The van der Waals surface area contributed by atoms with E-state index in [4.69, 9.17) is 11.6 Å². The highest BCUT2D eigenvalue weighted by Gasteiger charge is 2.61. The van der Waals surface area contributed by atoms with Crippen molar-refractivity contribution in [2.24, 2.45) is 23.7 Å². The molecule has 0 amide bonds. The highest BCUT2D eigenvalue weighted by Crippen LogP contribution is 2.70. The van der Waals surface area contributed by atoms with E-state index in [0.29, 0.717) is 0 Å². The fourth-order valence-corrected chi connectivity index (χ4v) is 8.12. The number of hydrogen-bond donors (Lipinski definition) is 0. The molecule has 0 aromatic heterocycles. The van der Waals surface area contributed by atoms with Crippen LogP contribution >= 0.6 is 11.6 Å². The van der Waals surface area contributed by atoms with Gasteiger partial charge in [-0.3, -0.25) is 0 Å². The first-order valence-electron chi connectivity index (χ1n) is 10.6. The van der Waals surface area contributed by atoms with E-state index in [2.05, 4.69) is 54.6 Å². The molecule has 0 nitrogen and oxygen atoms in total. The molecule has 0 saturated heterocycles. The van der Waals surface area contributed by atoms with Crippen LogP contribution in [0.1, 0.15) is 43.2 Å². The lowest BCUT2D eigenvalue weighted by atomic mass is 9.43. The van der Waals surface area contributed by atoms with Crippen molar-refractivity contribution in [1.82, 2.24) is 0 Å². The molecule has 4 fully saturated rings. The van der Waals surface area contributed by atoms with E-state index in [1.807, 2.05) is 0 Å². The van der Waals surface area contributed by atoms with Gasteiger partial charge in [0.2, 0.25) is 0 Å². The molecule has 5 aliphatic rings. The van der Waals surface area contributed by atoms with Crippen molar-refractivity contribution in [2.45, 2.75) is 37.5 Å². The van der Waals surface area contributed by atoms with Crippen molar-refractivity contribution in [3.8, 4) is 11.1 Å². The summed E-state index contributed by atoms with van der Waals surface area (Å²) in [7, 11) is 0. The van der Waals surface area contributed by atoms with Crippen LogP contribution in [0.25, 0.3) is 21.9 Å². The molecule has 3 aromatic rings. The Morgan fingerprint density at radius 2 is 1.44 bits per heavy atom. The quantitative estimate of drug-likeness (QED) is 0.392. The Balaban J connectivity index is 1.64. The minimum absolute atomic E-state index is 0.198. The van der Waals surface area contributed by atoms with E-state index in [1.54, 1.807) is 11.1 Å². The Morgan fingerprint density at radius 1 is 0.741 bits per heavy atom. The number of benzene rings is 3. The minimum atomic E-state index is 0.198. The molecule has 4 bridgehead atoms. The zero-order chi connectivity index (χ0) is 17.8. The molecule has 27 heavy (non-hydrogen) atoms. The molecule has 1 heteroatoms. The summed E-state index contributed by atoms with van der Waals surface area (Å²) in [6.45, 7) is 0. The maximum Gasteiger partial charge on any atom is 0.0409 e. The Bertz CT molecular complexity index is 1080. The monoisotopic (exact) mass is 370 g/mol. The molecule has 134 valence electrons. The van der Waals surface area contributed by atoms with E-state index in [1.165, 1.54) is 54.0 Å². The van der Waals surface area contributed by atoms with Crippen molar-refractivity contribution in [2.75, 3.05) is 0 Å². The summed E-state index contributed by atoms with van der Waals surface area (Å²) < 4.78 is 0. The topological polar surface area (TPSA) is 0 Å². The van der Waals surface area contributed by atoms with Gasteiger partial charge < -0.3 is 0 Å². The summed E-state index contributed by atoms with van der Waals surface area (Å²) in [5.41, 5.74) is 6.33. The van der Waals surface area contributed by atoms with E-state index < -0.39 is 0 Å². The summed E-state index contributed by atoms with van der Waals surface area (Å²) >= 11 is 6.58. The molecule has 3 aromatic carbocycles. The van der Waals surface area contributed by atoms with Crippen LogP contribution < -0.4 is 0 Å².